The van der Waals surface area contributed by atoms with Crippen LogP contribution in [0.2, 0.25) is 0 Å². The Bertz CT molecular complexity index is 887. The second kappa shape index (κ2) is 7.22. The number of ether oxygens (including phenoxy) is 1. The Labute approximate surface area is 141 Å². The van der Waals surface area contributed by atoms with Gasteiger partial charge in [-0.25, -0.2) is 9.37 Å². The van der Waals surface area contributed by atoms with Crippen LogP contribution in [0.25, 0.3) is 10.9 Å². The zero-order valence-electron chi connectivity index (χ0n) is 12.9. The van der Waals surface area contributed by atoms with Crippen LogP contribution in [0, 0.1) is 5.82 Å². The van der Waals surface area contributed by atoms with Gasteiger partial charge in [-0.15, -0.1) is 11.3 Å². The number of carbonyl (C=O) groups excluding carboxylic acids is 1. The monoisotopic (exact) mass is 346 g/mol. The van der Waals surface area contributed by atoms with Crippen molar-refractivity contribution >= 4 is 39.6 Å². The third kappa shape index (κ3) is 3.77. The minimum absolute atomic E-state index is 0.130. The molecule has 0 fully saturated rings. The molecule has 24 heavy (non-hydrogen) atoms. The number of hydrazone groups is 1. The Kier molecular flexibility index (Phi) is 4.85. The van der Waals surface area contributed by atoms with E-state index in [2.05, 4.69) is 20.5 Å². The number of anilines is 1. The lowest BCUT2D eigenvalue weighted by atomic mass is 10.1. The molecule has 0 spiro atoms. The molecule has 0 amide bonds. The molecule has 3 aromatic rings. The van der Waals surface area contributed by atoms with Crippen LogP contribution < -0.4 is 5.43 Å². The number of H-pyrrole nitrogens is 1. The number of aromatic amines is 1. The molecule has 0 aliphatic heterocycles. The van der Waals surface area contributed by atoms with Crippen LogP contribution in [0.1, 0.15) is 18.2 Å². The van der Waals surface area contributed by atoms with Crippen LogP contribution in [-0.2, 0) is 16.0 Å². The molecule has 0 radical (unpaired) electrons. The molecule has 8 heteroatoms. The lowest BCUT2D eigenvalue weighted by Gasteiger charge is -1.98. The number of rotatable bonds is 6. The molecule has 2 aromatic heterocycles. The van der Waals surface area contributed by atoms with Gasteiger partial charge in [0.1, 0.15) is 5.82 Å². The maximum Gasteiger partial charge on any atom is 0.311 e. The standard InChI is InChI=1S/C16H15FN4O2S/c1-2-23-14(22)7-12-9-24-16(20-12)21-19-8-10-5-11-3-4-18-15(11)13(17)6-10/h3-6,8-9,18H,2,7H2,1H3,(H,20,21). The predicted molar refractivity (Wildman–Crippen MR) is 91.9 cm³/mol. The molecule has 0 saturated carbocycles. The maximum absolute atomic E-state index is 13.9. The van der Waals surface area contributed by atoms with Crippen molar-refractivity contribution in [2.45, 2.75) is 13.3 Å². The van der Waals surface area contributed by atoms with Gasteiger partial charge in [0.05, 0.1) is 30.5 Å². The van der Waals surface area contributed by atoms with Gasteiger partial charge in [0.25, 0.3) is 0 Å². The summed E-state index contributed by atoms with van der Waals surface area (Å²) in [6.07, 6.45) is 3.33. The van der Waals surface area contributed by atoms with E-state index in [0.717, 1.165) is 5.39 Å². The molecule has 0 unspecified atom stereocenters. The average molecular weight is 346 g/mol. The summed E-state index contributed by atoms with van der Waals surface area (Å²) in [6, 6.07) is 5.03. The summed E-state index contributed by atoms with van der Waals surface area (Å²) >= 11 is 1.33. The van der Waals surface area contributed by atoms with E-state index in [0.29, 0.717) is 28.5 Å². The Hall–Kier alpha value is -2.74. The fourth-order valence-corrected chi connectivity index (χ4v) is 2.84. The van der Waals surface area contributed by atoms with Crippen molar-refractivity contribution in [3.05, 3.63) is 46.9 Å². The second-order valence-corrected chi connectivity index (χ2v) is 5.80. The lowest BCUT2D eigenvalue weighted by molar-refractivity contribution is -0.142. The highest BCUT2D eigenvalue weighted by atomic mass is 32.1. The molecule has 6 nitrogen and oxygen atoms in total. The van der Waals surface area contributed by atoms with Crippen LogP contribution in [0.4, 0.5) is 9.52 Å². The van der Waals surface area contributed by atoms with Crippen molar-refractivity contribution in [2.24, 2.45) is 5.10 Å². The van der Waals surface area contributed by atoms with Gasteiger partial charge in [-0.1, -0.05) is 0 Å². The number of nitrogens with one attached hydrogen (secondary N) is 2. The molecule has 3 rings (SSSR count). The van der Waals surface area contributed by atoms with Gasteiger partial charge >= 0.3 is 5.97 Å². The van der Waals surface area contributed by atoms with Crippen LogP contribution in [0.3, 0.4) is 0 Å². The minimum Gasteiger partial charge on any atom is -0.466 e. The average Bonchev–Trinajstić information content (AvgIpc) is 3.17. The highest BCUT2D eigenvalue weighted by Crippen LogP contribution is 2.18. The smallest absolute Gasteiger partial charge is 0.311 e. The summed E-state index contributed by atoms with van der Waals surface area (Å²) in [4.78, 5) is 18.5. The molecule has 0 atom stereocenters. The third-order valence-electron chi connectivity index (χ3n) is 3.19. The molecule has 1 aromatic carbocycles. The Balaban J connectivity index is 1.63. The number of nitrogens with zero attached hydrogens (tertiary/aromatic N) is 2. The van der Waals surface area contributed by atoms with Crippen LogP contribution in [0.5, 0.6) is 0 Å². The van der Waals surface area contributed by atoms with Gasteiger partial charge in [-0.05, 0) is 30.7 Å². The van der Waals surface area contributed by atoms with Gasteiger partial charge in [0.2, 0.25) is 5.13 Å². The van der Waals surface area contributed by atoms with Crippen molar-refractivity contribution < 1.29 is 13.9 Å². The van der Waals surface area contributed by atoms with Crippen LogP contribution in [-0.4, -0.2) is 28.8 Å². The first-order valence-corrected chi connectivity index (χ1v) is 8.19. The number of aromatic nitrogens is 2. The van der Waals surface area contributed by atoms with Crippen molar-refractivity contribution in [3.8, 4) is 0 Å². The van der Waals surface area contributed by atoms with Crippen molar-refractivity contribution in [2.75, 3.05) is 12.0 Å². The van der Waals surface area contributed by atoms with E-state index < -0.39 is 0 Å². The largest absolute Gasteiger partial charge is 0.466 e. The predicted octanol–water partition coefficient (Wildman–Crippen LogP) is 3.32. The number of esters is 1. The first-order chi connectivity index (χ1) is 11.7. The molecule has 0 aliphatic carbocycles. The van der Waals surface area contributed by atoms with E-state index in [9.17, 15) is 9.18 Å². The molecule has 2 heterocycles. The molecule has 0 bridgehead atoms. The molecule has 0 aliphatic rings. The first-order valence-electron chi connectivity index (χ1n) is 7.31. The molecular weight excluding hydrogens is 331 g/mol. The summed E-state index contributed by atoms with van der Waals surface area (Å²) in [6.45, 7) is 2.11. The molecular formula is C16H15FN4O2S. The van der Waals surface area contributed by atoms with E-state index in [-0.39, 0.29) is 18.2 Å². The summed E-state index contributed by atoms with van der Waals surface area (Å²) in [5.74, 6) is -0.641. The summed E-state index contributed by atoms with van der Waals surface area (Å²) in [5.41, 5.74) is 4.51. The number of benzene rings is 1. The molecule has 2 N–H and O–H groups in total. The number of hydrogen-bond acceptors (Lipinski definition) is 6. The van der Waals surface area contributed by atoms with Crippen LogP contribution >= 0.6 is 11.3 Å². The third-order valence-corrected chi connectivity index (χ3v) is 3.99. The van der Waals surface area contributed by atoms with E-state index in [1.54, 1.807) is 24.6 Å². The number of halogens is 1. The summed E-state index contributed by atoms with van der Waals surface area (Å²) in [5, 5.41) is 7.15. The fourth-order valence-electron chi connectivity index (χ4n) is 2.18. The summed E-state index contributed by atoms with van der Waals surface area (Å²) < 4.78 is 18.7. The van der Waals surface area contributed by atoms with Gasteiger partial charge < -0.3 is 9.72 Å². The topological polar surface area (TPSA) is 79.4 Å². The van der Waals surface area contributed by atoms with Gasteiger partial charge in [0.15, 0.2) is 0 Å². The van der Waals surface area contributed by atoms with Crippen LogP contribution in [0.15, 0.2) is 34.9 Å². The fraction of sp³-hybridized carbons (Fsp3) is 0.188. The highest BCUT2D eigenvalue weighted by molar-refractivity contribution is 7.13. The van der Waals surface area contributed by atoms with E-state index in [1.807, 2.05) is 6.07 Å². The number of thiazole rings is 1. The van der Waals surface area contributed by atoms with Gasteiger partial charge in [-0.2, -0.15) is 5.10 Å². The first kappa shape index (κ1) is 16.1. The molecule has 124 valence electrons. The minimum atomic E-state index is -0.329. The maximum atomic E-state index is 13.9. The van der Waals surface area contributed by atoms with Gasteiger partial charge in [-0.3, -0.25) is 10.2 Å². The zero-order chi connectivity index (χ0) is 16.9. The highest BCUT2D eigenvalue weighted by Gasteiger charge is 2.08. The Morgan fingerprint density at radius 2 is 2.42 bits per heavy atom. The zero-order valence-corrected chi connectivity index (χ0v) is 13.7. The van der Waals surface area contributed by atoms with E-state index in [4.69, 9.17) is 4.74 Å². The molecule has 0 saturated heterocycles. The van der Waals surface area contributed by atoms with Crippen molar-refractivity contribution in [3.63, 3.8) is 0 Å². The van der Waals surface area contributed by atoms with E-state index >= 15 is 0 Å². The Morgan fingerprint density at radius 3 is 3.25 bits per heavy atom. The number of hydrogen-bond donors (Lipinski definition) is 2. The Morgan fingerprint density at radius 1 is 1.54 bits per heavy atom. The lowest BCUT2D eigenvalue weighted by Crippen LogP contribution is -2.07. The number of carbonyl (C=O) groups is 1. The van der Waals surface area contributed by atoms with Gasteiger partial charge in [0, 0.05) is 17.0 Å². The normalized spacial score (nSPS) is 11.2. The second-order valence-electron chi connectivity index (χ2n) is 4.94. The van der Waals surface area contributed by atoms with E-state index in [1.165, 1.54) is 23.6 Å². The van der Waals surface area contributed by atoms with Crippen molar-refractivity contribution in [1.82, 2.24) is 9.97 Å². The SMILES string of the molecule is CCOC(=O)Cc1csc(NN=Cc2cc(F)c3[nH]ccc3c2)n1. The quantitative estimate of drug-likeness (QED) is 0.408. The van der Waals surface area contributed by atoms with Crippen molar-refractivity contribution in [1.29, 1.82) is 0 Å². The number of fused-ring (bicyclic) bond motifs is 1. The summed E-state index contributed by atoms with van der Waals surface area (Å²) in [7, 11) is 0.